The Bertz CT molecular complexity index is 1070. The number of likely N-dealkylation sites (tertiary alicyclic amines) is 1. The number of benzene rings is 2. The zero-order chi connectivity index (χ0) is 20.9. The van der Waals surface area contributed by atoms with Gasteiger partial charge in [0.2, 0.25) is 0 Å². The van der Waals surface area contributed by atoms with Crippen LogP contribution in [0.15, 0.2) is 42.5 Å². The monoisotopic (exact) mass is 393 g/mol. The van der Waals surface area contributed by atoms with Gasteiger partial charge in [0, 0.05) is 43.0 Å². The second-order valence-corrected chi connectivity index (χ2v) is 8.45. The molecule has 1 fully saturated rings. The molecule has 1 saturated heterocycles. The molecule has 0 saturated carbocycles. The number of aryl methyl sites for hydroxylation is 3. The fourth-order valence-corrected chi connectivity index (χ4v) is 4.67. The van der Waals surface area contributed by atoms with E-state index in [1.807, 2.05) is 23.4 Å². The van der Waals surface area contributed by atoms with Gasteiger partial charge in [-0.25, -0.2) is 4.39 Å². The van der Waals surface area contributed by atoms with E-state index in [2.05, 4.69) is 50.2 Å². The van der Waals surface area contributed by atoms with Gasteiger partial charge in [-0.1, -0.05) is 29.8 Å². The summed E-state index contributed by atoms with van der Waals surface area (Å²) >= 11 is 0. The van der Waals surface area contributed by atoms with E-state index in [-0.39, 0.29) is 23.7 Å². The summed E-state index contributed by atoms with van der Waals surface area (Å²) in [5.41, 5.74) is 4.87. The van der Waals surface area contributed by atoms with Crippen LogP contribution in [0.5, 0.6) is 0 Å². The van der Waals surface area contributed by atoms with Gasteiger partial charge in [0.05, 0.1) is 0 Å². The number of likely N-dealkylation sites (N-methyl/N-ethyl adjacent to an activating group) is 1. The average molecular weight is 394 g/mol. The van der Waals surface area contributed by atoms with Crippen molar-refractivity contribution in [3.63, 3.8) is 0 Å². The Morgan fingerprint density at radius 3 is 2.41 bits per heavy atom. The van der Waals surface area contributed by atoms with Crippen LogP contribution in [0.4, 0.5) is 4.39 Å². The molecule has 1 aliphatic rings. The maximum atomic E-state index is 13.8. The Morgan fingerprint density at radius 2 is 1.76 bits per heavy atom. The van der Waals surface area contributed by atoms with E-state index in [4.69, 9.17) is 0 Å². The highest BCUT2D eigenvalue weighted by molar-refractivity contribution is 6.01. The van der Waals surface area contributed by atoms with E-state index in [9.17, 15) is 9.18 Å². The molecule has 2 atom stereocenters. The number of aromatic nitrogens is 1. The molecule has 3 aromatic rings. The number of hydrogen-bond acceptors (Lipinski definition) is 2. The van der Waals surface area contributed by atoms with Gasteiger partial charge < -0.3 is 14.4 Å². The third-order valence-corrected chi connectivity index (χ3v) is 6.36. The van der Waals surface area contributed by atoms with Gasteiger partial charge >= 0.3 is 0 Å². The summed E-state index contributed by atoms with van der Waals surface area (Å²) in [6, 6.07) is 13.6. The lowest BCUT2D eigenvalue weighted by atomic mass is 9.93. The number of carbonyl (C=O) groups is 1. The fourth-order valence-electron chi connectivity index (χ4n) is 4.67. The molecule has 29 heavy (non-hydrogen) atoms. The Hall–Kier alpha value is -2.66. The van der Waals surface area contributed by atoms with Gasteiger partial charge in [0.25, 0.3) is 5.91 Å². The summed E-state index contributed by atoms with van der Waals surface area (Å²) in [7, 11) is 6.03. The van der Waals surface area contributed by atoms with Gasteiger partial charge in [-0.2, -0.15) is 0 Å². The highest BCUT2D eigenvalue weighted by Gasteiger charge is 2.38. The summed E-state index contributed by atoms with van der Waals surface area (Å²) in [6.45, 7) is 5.36. The number of rotatable bonds is 3. The zero-order valence-corrected chi connectivity index (χ0v) is 17.7. The fraction of sp³-hybridized carbons (Fsp3) is 0.375. The van der Waals surface area contributed by atoms with Crippen molar-refractivity contribution in [3.05, 3.63) is 70.7 Å². The first kappa shape index (κ1) is 19.6. The molecule has 152 valence electrons. The van der Waals surface area contributed by atoms with E-state index in [1.54, 1.807) is 6.07 Å². The van der Waals surface area contributed by atoms with Crippen LogP contribution in [0.2, 0.25) is 0 Å². The van der Waals surface area contributed by atoms with Crippen molar-refractivity contribution in [1.82, 2.24) is 14.4 Å². The predicted octanol–water partition coefficient (Wildman–Crippen LogP) is 4.10. The van der Waals surface area contributed by atoms with Crippen molar-refractivity contribution in [3.8, 4) is 0 Å². The van der Waals surface area contributed by atoms with E-state index in [1.165, 1.54) is 23.3 Å². The second-order valence-electron chi connectivity index (χ2n) is 8.45. The maximum Gasteiger partial charge on any atom is 0.270 e. The molecular weight excluding hydrogens is 365 g/mol. The first-order valence-corrected chi connectivity index (χ1v) is 10.0. The zero-order valence-electron chi connectivity index (χ0n) is 17.7. The SMILES string of the molecule is Cc1ccc([C@@H]2CN(C(=O)c3c(C)c4cc(F)ccc4n3C)C[C@H]2N(C)C)cc1. The van der Waals surface area contributed by atoms with E-state index in [0.717, 1.165) is 16.5 Å². The molecule has 1 amide bonds. The van der Waals surface area contributed by atoms with Crippen molar-refractivity contribution >= 4 is 16.8 Å². The van der Waals surface area contributed by atoms with Gasteiger partial charge in [0.1, 0.15) is 11.5 Å². The largest absolute Gasteiger partial charge is 0.339 e. The van der Waals surface area contributed by atoms with Crippen LogP contribution in [0.25, 0.3) is 10.9 Å². The summed E-state index contributed by atoms with van der Waals surface area (Å²) in [4.78, 5) is 17.7. The Balaban J connectivity index is 1.69. The first-order valence-electron chi connectivity index (χ1n) is 10.0. The van der Waals surface area contributed by atoms with Gasteiger partial charge in [-0.3, -0.25) is 4.79 Å². The topological polar surface area (TPSA) is 28.5 Å². The summed E-state index contributed by atoms with van der Waals surface area (Å²) in [5, 5.41) is 0.800. The van der Waals surface area contributed by atoms with Crippen LogP contribution < -0.4 is 0 Å². The van der Waals surface area contributed by atoms with Crippen molar-refractivity contribution < 1.29 is 9.18 Å². The predicted molar refractivity (Wildman–Crippen MR) is 115 cm³/mol. The maximum absolute atomic E-state index is 13.8. The van der Waals surface area contributed by atoms with Crippen LogP contribution >= 0.6 is 0 Å². The molecule has 4 nitrogen and oxygen atoms in total. The molecule has 0 unspecified atom stereocenters. The van der Waals surface area contributed by atoms with Crippen LogP contribution in [0.1, 0.15) is 33.1 Å². The van der Waals surface area contributed by atoms with Gasteiger partial charge in [-0.05, 0) is 57.3 Å². The number of nitrogens with zero attached hydrogens (tertiary/aromatic N) is 3. The minimum atomic E-state index is -0.279. The molecule has 0 aliphatic carbocycles. The quantitative estimate of drug-likeness (QED) is 0.670. The summed E-state index contributed by atoms with van der Waals surface area (Å²) < 4.78 is 15.7. The van der Waals surface area contributed by atoms with Crippen molar-refractivity contribution in [1.29, 1.82) is 0 Å². The molecule has 1 aliphatic heterocycles. The molecule has 1 aromatic heterocycles. The lowest BCUT2D eigenvalue weighted by Crippen LogP contribution is -2.36. The summed E-state index contributed by atoms with van der Waals surface area (Å²) in [5.74, 6) is 0.00327. The molecule has 5 heteroatoms. The van der Waals surface area contributed by atoms with Gasteiger partial charge in [0.15, 0.2) is 0 Å². The number of hydrogen-bond donors (Lipinski definition) is 0. The number of halogens is 1. The first-order chi connectivity index (χ1) is 13.8. The number of carbonyl (C=O) groups excluding carboxylic acids is 1. The van der Waals surface area contributed by atoms with Crippen molar-refractivity contribution in [2.45, 2.75) is 25.8 Å². The highest BCUT2D eigenvalue weighted by Crippen LogP contribution is 2.33. The molecule has 4 rings (SSSR count). The number of amides is 1. The number of fused-ring (bicyclic) bond motifs is 1. The van der Waals surface area contributed by atoms with E-state index in [0.29, 0.717) is 18.8 Å². The average Bonchev–Trinajstić information content (AvgIpc) is 3.23. The van der Waals surface area contributed by atoms with Crippen molar-refractivity contribution in [2.75, 3.05) is 27.2 Å². The molecule has 0 bridgehead atoms. The Kier molecular flexibility index (Phi) is 4.95. The normalized spacial score (nSPS) is 19.5. The molecule has 2 aromatic carbocycles. The highest BCUT2D eigenvalue weighted by atomic mass is 19.1. The molecule has 0 spiro atoms. The standard InChI is InChI=1S/C24H28FN3O/c1-15-6-8-17(9-7-15)20-13-28(14-22(20)26(3)4)24(29)23-16(2)19-12-18(25)10-11-21(19)27(23)5/h6-12,20,22H,13-14H2,1-5H3/t20-,22+/m0/s1. The van der Waals surface area contributed by atoms with E-state index < -0.39 is 0 Å². The molecule has 2 heterocycles. The lowest BCUT2D eigenvalue weighted by molar-refractivity contribution is 0.0772. The molecule has 0 radical (unpaired) electrons. The smallest absolute Gasteiger partial charge is 0.270 e. The third-order valence-electron chi connectivity index (χ3n) is 6.36. The van der Waals surface area contributed by atoms with Crippen LogP contribution in [-0.2, 0) is 7.05 Å². The van der Waals surface area contributed by atoms with Crippen LogP contribution in [0, 0.1) is 19.7 Å². The summed E-state index contributed by atoms with van der Waals surface area (Å²) in [6.07, 6.45) is 0. The third kappa shape index (κ3) is 3.33. The molecule has 0 N–H and O–H groups in total. The minimum absolute atomic E-state index is 0.0167. The van der Waals surface area contributed by atoms with Crippen molar-refractivity contribution in [2.24, 2.45) is 7.05 Å². The molecular formula is C24H28FN3O. The lowest BCUT2D eigenvalue weighted by Gasteiger charge is -2.25. The van der Waals surface area contributed by atoms with Crippen LogP contribution in [0.3, 0.4) is 0 Å². The second kappa shape index (κ2) is 7.30. The van der Waals surface area contributed by atoms with Gasteiger partial charge in [-0.15, -0.1) is 0 Å². The Labute approximate surface area is 171 Å². The van der Waals surface area contributed by atoms with E-state index >= 15 is 0 Å². The van der Waals surface area contributed by atoms with Crippen LogP contribution in [-0.4, -0.2) is 53.5 Å². The minimum Gasteiger partial charge on any atom is -0.339 e. The Morgan fingerprint density at radius 1 is 1.07 bits per heavy atom.